The minimum Gasteiger partial charge on any atom is -0.409 e. The number of oxime groups is 1. The number of nitrogens with one attached hydrogen (secondary N) is 1. The first-order valence-electron chi connectivity index (χ1n) is 3.91. The average molecular weight is 157 g/mol. The molecular formula is C7H15N3O. The largest absolute Gasteiger partial charge is 0.409 e. The molecule has 1 rings (SSSR count). The third kappa shape index (κ3) is 2.76. The van der Waals surface area contributed by atoms with Crippen molar-refractivity contribution in [3.63, 3.8) is 0 Å². The Balaban J connectivity index is 1.96. The molecule has 0 heterocycles. The molecule has 1 aliphatic rings. The summed E-state index contributed by atoms with van der Waals surface area (Å²) in [4.78, 5) is 0. The Labute approximate surface area is 66.5 Å². The van der Waals surface area contributed by atoms with Crippen molar-refractivity contribution in [3.05, 3.63) is 0 Å². The van der Waals surface area contributed by atoms with Gasteiger partial charge in [0.15, 0.2) is 5.84 Å². The van der Waals surface area contributed by atoms with E-state index in [0.29, 0.717) is 6.54 Å². The van der Waals surface area contributed by atoms with Crippen LogP contribution in [0, 0.1) is 11.8 Å². The molecule has 2 unspecified atom stereocenters. The SMILES string of the molecule is CC1CC1CNC/C(N)=N/O. The summed E-state index contributed by atoms with van der Waals surface area (Å²) in [6.07, 6.45) is 1.31. The Morgan fingerprint density at radius 3 is 2.91 bits per heavy atom. The Hall–Kier alpha value is -0.770. The second-order valence-electron chi connectivity index (χ2n) is 3.20. The van der Waals surface area contributed by atoms with Gasteiger partial charge in [-0.05, 0) is 24.8 Å². The predicted octanol–water partition coefficient (Wildman–Crippen LogP) is -0.0216. The molecule has 64 valence electrons. The highest BCUT2D eigenvalue weighted by Gasteiger charge is 2.31. The predicted molar refractivity (Wildman–Crippen MR) is 43.5 cm³/mol. The maximum absolute atomic E-state index is 8.19. The lowest BCUT2D eigenvalue weighted by atomic mass is 10.3. The maximum atomic E-state index is 8.19. The Morgan fingerprint density at radius 1 is 1.82 bits per heavy atom. The first-order chi connectivity index (χ1) is 5.24. The van der Waals surface area contributed by atoms with Gasteiger partial charge in [0.1, 0.15) is 0 Å². The van der Waals surface area contributed by atoms with Gasteiger partial charge in [-0.2, -0.15) is 0 Å². The third-order valence-electron chi connectivity index (χ3n) is 2.12. The van der Waals surface area contributed by atoms with E-state index in [0.717, 1.165) is 18.4 Å². The van der Waals surface area contributed by atoms with Crippen LogP contribution in [0.5, 0.6) is 0 Å². The van der Waals surface area contributed by atoms with Crippen LogP contribution in [-0.4, -0.2) is 24.1 Å². The highest BCUT2D eigenvalue weighted by molar-refractivity contribution is 5.81. The van der Waals surface area contributed by atoms with Crippen molar-refractivity contribution in [2.45, 2.75) is 13.3 Å². The van der Waals surface area contributed by atoms with E-state index in [2.05, 4.69) is 17.4 Å². The minimum atomic E-state index is 0.248. The highest BCUT2D eigenvalue weighted by Crippen LogP contribution is 2.36. The summed E-state index contributed by atoms with van der Waals surface area (Å²) >= 11 is 0. The van der Waals surface area contributed by atoms with E-state index in [9.17, 15) is 0 Å². The molecule has 0 radical (unpaired) electrons. The van der Waals surface area contributed by atoms with E-state index in [1.807, 2.05) is 0 Å². The zero-order valence-electron chi connectivity index (χ0n) is 6.75. The quantitative estimate of drug-likeness (QED) is 0.232. The lowest BCUT2D eigenvalue weighted by Crippen LogP contribution is -2.30. The first-order valence-corrected chi connectivity index (χ1v) is 3.91. The summed E-state index contributed by atoms with van der Waals surface area (Å²) in [5.74, 6) is 1.91. The Morgan fingerprint density at radius 2 is 2.45 bits per heavy atom. The second-order valence-corrected chi connectivity index (χ2v) is 3.20. The van der Waals surface area contributed by atoms with Crippen molar-refractivity contribution in [1.82, 2.24) is 5.32 Å². The summed E-state index contributed by atoms with van der Waals surface area (Å²) in [7, 11) is 0. The van der Waals surface area contributed by atoms with Gasteiger partial charge in [-0.25, -0.2) is 0 Å². The molecule has 4 nitrogen and oxygen atoms in total. The number of hydrogen-bond acceptors (Lipinski definition) is 3. The van der Waals surface area contributed by atoms with E-state index in [4.69, 9.17) is 10.9 Å². The fourth-order valence-electron chi connectivity index (χ4n) is 1.10. The molecule has 0 saturated heterocycles. The van der Waals surface area contributed by atoms with Gasteiger partial charge < -0.3 is 16.3 Å². The zero-order chi connectivity index (χ0) is 8.27. The topological polar surface area (TPSA) is 70.6 Å². The van der Waals surface area contributed by atoms with Crippen LogP contribution in [0.2, 0.25) is 0 Å². The van der Waals surface area contributed by atoms with Gasteiger partial charge in [0.05, 0.1) is 6.54 Å². The van der Waals surface area contributed by atoms with Crippen LogP contribution in [0.15, 0.2) is 5.16 Å². The van der Waals surface area contributed by atoms with E-state index < -0.39 is 0 Å². The van der Waals surface area contributed by atoms with Crippen molar-refractivity contribution >= 4 is 5.84 Å². The van der Waals surface area contributed by atoms with Gasteiger partial charge in [-0.1, -0.05) is 12.1 Å². The Bertz CT molecular complexity index is 158. The molecule has 4 heteroatoms. The van der Waals surface area contributed by atoms with E-state index >= 15 is 0 Å². The van der Waals surface area contributed by atoms with Gasteiger partial charge in [-0.15, -0.1) is 0 Å². The number of nitrogens with zero attached hydrogens (tertiary/aromatic N) is 1. The molecule has 2 atom stereocenters. The lowest BCUT2D eigenvalue weighted by Gasteiger charge is -2.00. The maximum Gasteiger partial charge on any atom is 0.153 e. The molecule has 0 spiro atoms. The molecule has 0 amide bonds. The molecule has 0 bridgehead atoms. The first kappa shape index (κ1) is 8.33. The molecule has 1 saturated carbocycles. The standard InChI is InChI=1S/C7H15N3O/c1-5-2-6(5)3-9-4-7(8)10-11/h5-6,9,11H,2-4H2,1H3,(H2,8,10). The van der Waals surface area contributed by atoms with Crippen molar-refractivity contribution in [2.24, 2.45) is 22.7 Å². The number of hydrogen-bond donors (Lipinski definition) is 3. The molecule has 0 aliphatic heterocycles. The third-order valence-corrected chi connectivity index (χ3v) is 2.12. The monoisotopic (exact) mass is 157 g/mol. The minimum absolute atomic E-state index is 0.248. The molecule has 11 heavy (non-hydrogen) atoms. The van der Waals surface area contributed by atoms with Gasteiger partial charge in [0, 0.05) is 0 Å². The summed E-state index contributed by atoms with van der Waals surface area (Å²) in [6, 6.07) is 0. The summed E-state index contributed by atoms with van der Waals surface area (Å²) < 4.78 is 0. The zero-order valence-corrected chi connectivity index (χ0v) is 6.75. The fourth-order valence-corrected chi connectivity index (χ4v) is 1.10. The van der Waals surface area contributed by atoms with Crippen LogP contribution in [0.3, 0.4) is 0 Å². The van der Waals surface area contributed by atoms with Crippen LogP contribution in [0.4, 0.5) is 0 Å². The van der Waals surface area contributed by atoms with Gasteiger partial charge in [0.25, 0.3) is 0 Å². The number of amidine groups is 1. The van der Waals surface area contributed by atoms with E-state index in [1.165, 1.54) is 6.42 Å². The van der Waals surface area contributed by atoms with Gasteiger partial charge in [0.2, 0.25) is 0 Å². The van der Waals surface area contributed by atoms with Crippen LogP contribution in [-0.2, 0) is 0 Å². The molecule has 1 fully saturated rings. The van der Waals surface area contributed by atoms with Crippen molar-refractivity contribution < 1.29 is 5.21 Å². The molecule has 4 N–H and O–H groups in total. The van der Waals surface area contributed by atoms with Crippen LogP contribution < -0.4 is 11.1 Å². The van der Waals surface area contributed by atoms with Crippen molar-refractivity contribution in [2.75, 3.05) is 13.1 Å². The van der Waals surface area contributed by atoms with E-state index in [-0.39, 0.29) is 5.84 Å². The van der Waals surface area contributed by atoms with Crippen molar-refractivity contribution in [3.8, 4) is 0 Å². The number of rotatable bonds is 4. The fraction of sp³-hybridized carbons (Fsp3) is 0.857. The summed E-state index contributed by atoms with van der Waals surface area (Å²) in [5.41, 5.74) is 5.25. The second kappa shape index (κ2) is 3.57. The molecular weight excluding hydrogens is 142 g/mol. The lowest BCUT2D eigenvalue weighted by molar-refractivity contribution is 0.317. The van der Waals surface area contributed by atoms with Crippen LogP contribution in [0.1, 0.15) is 13.3 Å². The molecule has 0 aromatic carbocycles. The molecule has 1 aliphatic carbocycles. The normalized spacial score (nSPS) is 30.5. The summed E-state index contributed by atoms with van der Waals surface area (Å²) in [6.45, 7) is 3.70. The average Bonchev–Trinajstić information content (AvgIpc) is 2.66. The van der Waals surface area contributed by atoms with Crippen molar-refractivity contribution in [1.29, 1.82) is 0 Å². The van der Waals surface area contributed by atoms with Gasteiger partial charge >= 0.3 is 0 Å². The smallest absolute Gasteiger partial charge is 0.153 e. The number of nitrogens with two attached hydrogens (primary N) is 1. The summed E-state index contributed by atoms with van der Waals surface area (Å²) in [5, 5.41) is 14.2. The van der Waals surface area contributed by atoms with Crippen LogP contribution in [0.25, 0.3) is 0 Å². The van der Waals surface area contributed by atoms with E-state index in [1.54, 1.807) is 0 Å². The highest BCUT2D eigenvalue weighted by atomic mass is 16.4. The Kier molecular flexibility index (Phi) is 2.70. The van der Waals surface area contributed by atoms with Gasteiger partial charge in [-0.3, -0.25) is 0 Å². The van der Waals surface area contributed by atoms with Crippen LogP contribution >= 0.6 is 0 Å². The molecule has 0 aromatic rings. The molecule has 0 aromatic heterocycles.